The van der Waals surface area contributed by atoms with E-state index in [1.165, 1.54) is 0 Å². The van der Waals surface area contributed by atoms with Crippen LogP contribution in [0.2, 0.25) is 0 Å². The molecule has 0 amide bonds. The molecule has 5 nitrogen and oxygen atoms in total. The molecule has 2 aromatic carbocycles. The van der Waals surface area contributed by atoms with Crippen LogP contribution in [0.3, 0.4) is 0 Å². The molecular formula is C15H12BrN3O2. The Balaban J connectivity index is 1.84. The maximum atomic E-state index is 11.3. The van der Waals surface area contributed by atoms with Crippen LogP contribution in [0.4, 0.5) is 5.69 Å². The molecule has 1 heterocycles. The summed E-state index contributed by atoms with van der Waals surface area (Å²) >= 11 is 3.40. The Labute approximate surface area is 128 Å². The molecular weight excluding hydrogens is 334 g/mol. The van der Waals surface area contributed by atoms with Gasteiger partial charge >= 0.3 is 11.1 Å². The van der Waals surface area contributed by atoms with Gasteiger partial charge in [0.1, 0.15) is 0 Å². The molecule has 1 aromatic heterocycles. The van der Waals surface area contributed by atoms with Gasteiger partial charge < -0.3 is 15.3 Å². The average Bonchev–Trinajstić information content (AvgIpc) is 2.48. The van der Waals surface area contributed by atoms with Gasteiger partial charge in [-0.05, 0) is 35.9 Å². The molecule has 0 atom stereocenters. The van der Waals surface area contributed by atoms with Crippen molar-refractivity contribution < 1.29 is 0 Å². The molecule has 0 aliphatic rings. The molecule has 0 aliphatic carbocycles. The van der Waals surface area contributed by atoms with Crippen LogP contribution >= 0.6 is 15.9 Å². The zero-order chi connectivity index (χ0) is 14.8. The molecule has 3 N–H and O–H groups in total. The summed E-state index contributed by atoms with van der Waals surface area (Å²) in [5.74, 6) is 0. The zero-order valence-corrected chi connectivity index (χ0v) is 12.5. The lowest BCUT2D eigenvalue weighted by Crippen LogP contribution is -2.28. The van der Waals surface area contributed by atoms with Gasteiger partial charge in [0.05, 0.1) is 11.0 Å². The molecule has 21 heavy (non-hydrogen) atoms. The molecule has 0 fully saturated rings. The van der Waals surface area contributed by atoms with Gasteiger partial charge in [0.15, 0.2) is 0 Å². The molecule has 0 saturated carbocycles. The van der Waals surface area contributed by atoms with Gasteiger partial charge in [-0.25, -0.2) is 0 Å². The Morgan fingerprint density at radius 3 is 2.29 bits per heavy atom. The third kappa shape index (κ3) is 3.05. The number of H-pyrrole nitrogens is 2. The molecule has 6 heteroatoms. The minimum absolute atomic E-state index is 0.598. The quantitative estimate of drug-likeness (QED) is 0.638. The lowest BCUT2D eigenvalue weighted by atomic mass is 10.2. The minimum atomic E-state index is -0.646. The smallest absolute Gasteiger partial charge is 0.314 e. The van der Waals surface area contributed by atoms with Gasteiger partial charge in [0.2, 0.25) is 0 Å². The van der Waals surface area contributed by atoms with Crippen molar-refractivity contribution in [1.82, 2.24) is 9.97 Å². The number of aromatic nitrogens is 2. The third-order valence-electron chi connectivity index (χ3n) is 3.13. The number of rotatable bonds is 3. The molecule has 106 valence electrons. The minimum Gasteiger partial charge on any atom is -0.381 e. The predicted octanol–water partition coefficient (Wildman–Crippen LogP) is 2.59. The summed E-state index contributed by atoms with van der Waals surface area (Å²) in [6.45, 7) is 0.673. The van der Waals surface area contributed by atoms with Crippen LogP contribution in [-0.4, -0.2) is 9.97 Å². The summed E-state index contributed by atoms with van der Waals surface area (Å²) in [6.07, 6.45) is 0. The monoisotopic (exact) mass is 345 g/mol. The summed E-state index contributed by atoms with van der Waals surface area (Å²) in [7, 11) is 0. The van der Waals surface area contributed by atoms with E-state index in [4.69, 9.17) is 0 Å². The first kappa shape index (κ1) is 13.6. The summed E-state index contributed by atoms with van der Waals surface area (Å²) in [6, 6.07) is 13.4. The van der Waals surface area contributed by atoms with E-state index >= 15 is 0 Å². The fourth-order valence-corrected chi connectivity index (χ4v) is 2.30. The number of benzene rings is 2. The highest BCUT2D eigenvalue weighted by Crippen LogP contribution is 2.16. The number of hydrogen-bond acceptors (Lipinski definition) is 3. The van der Waals surface area contributed by atoms with Gasteiger partial charge in [0.25, 0.3) is 0 Å². The summed E-state index contributed by atoms with van der Waals surface area (Å²) in [4.78, 5) is 27.7. The van der Waals surface area contributed by atoms with Crippen molar-refractivity contribution in [3.8, 4) is 0 Å². The van der Waals surface area contributed by atoms with Crippen LogP contribution in [-0.2, 0) is 6.54 Å². The molecule has 0 unspecified atom stereocenters. The Morgan fingerprint density at radius 2 is 1.57 bits per heavy atom. The Hall–Kier alpha value is -2.34. The summed E-state index contributed by atoms with van der Waals surface area (Å²) < 4.78 is 1.04. The van der Waals surface area contributed by atoms with Crippen LogP contribution < -0.4 is 16.4 Å². The largest absolute Gasteiger partial charge is 0.381 e. The maximum Gasteiger partial charge on any atom is 0.314 e. The number of halogens is 1. The van der Waals surface area contributed by atoms with E-state index in [-0.39, 0.29) is 0 Å². The van der Waals surface area contributed by atoms with Gasteiger partial charge in [-0.2, -0.15) is 0 Å². The molecule has 0 bridgehead atoms. The topological polar surface area (TPSA) is 77.8 Å². The Bertz CT molecular complexity index is 897. The number of fused-ring (bicyclic) bond motifs is 1. The zero-order valence-electron chi connectivity index (χ0n) is 10.9. The van der Waals surface area contributed by atoms with E-state index in [1.807, 2.05) is 30.3 Å². The van der Waals surface area contributed by atoms with E-state index in [1.54, 1.807) is 12.1 Å². The fraction of sp³-hybridized carbons (Fsp3) is 0.0667. The molecule has 3 rings (SSSR count). The Morgan fingerprint density at radius 1 is 0.905 bits per heavy atom. The predicted molar refractivity (Wildman–Crippen MR) is 86.7 cm³/mol. The van der Waals surface area contributed by atoms with Crippen LogP contribution in [0.25, 0.3) is 11.0 Å². The van der Waals surface area contributed by atoms with Crippen molar-refractivity contribution in [2.24, 2.45) is 0 Å². The lowest BCUT2D eigenvalue weighted by molar-refractivity contribution is 1.13. The van der Waals surface area contributed by atoms with Gasteiger partial charge in [0, 0.05) is 16.7 Å². The maximum absolute atomic E-state index is 11.3. The summed E-state index contributed by atoms with van der Waals surface area (Å²) in [5.41, 5.74) is 1.93. The number of aromatic amines is 2. The van der Waals surface area contributed by atoms with Crippen LogP contribution in [0.5, 0.6) is 0 Å². The SMILES string of the molecule is O=c1[nH]c2ccc(NCc3ccc(Br)cc3)cc2[nH]c1=O. The summed E-state index contributed by atoms with van der Waals surface area (Å²) in [5, 5.41) is 3.28. The van der Waals surface area contributed by atoms with E-state index in [0.29, 0.717) is 17.6 Å². The fourth-order valence-electron chi connectivity index (χ4n) is 2.03. The van der Waals surface area contributed by atoms with Crippen LogP contribution in [0.1, 0.15) is 5.56 Å². The van der Waals surface area contributed by atoms with Crippen molar-refractivity contribution in [2.75, 3.05) is 5.32 Å². The normalized spacial score (nSPS) is 10.7. The molecule has 0 aliphatic heterocycles. The Kier molecular flexibility index (Phi) is 3.62. The highest BCUT2D eigenvalue weighted by Gasteiger charge is 2.01. The van der Waals surface area contributed by atoms with E-state index in [2.05, 4.69) is 31.2 Å². The van der Waals surface area contributed by atoms with Gasteiger partial charge in [-0.15, -0.1) is 0 Å². The van der Waals surface area contributed by atoms with Gasteiger partial charge in [-0.1, -0.05) is 28.1 Å². The van der Waals surface area contributed by atoms with Crippen LogP contribution in [0, 0.1) is 0 Å². The number of anilines is 1. The van der Waals surface area contributed by atoms with Crippen molar-refractivity contribution in [2.45, 2.75) is 6.54 Å². The number of hydrogen-bond donors (Lipinski definition) is 3. The molecule has 0 saturated heterocycles. The first-order valence-electron chi connectivity index (χ1n) is 6.36. The van der Waals surface area contributed by atoms with E-state index in [0.717, 1.165) is 15.7 Å². The molecule has 0 spiro atoms. The number of nitrogens with one attached hydrogen (secondary N) is 3. The standard InChI is InChI=1S/C15H12BrN3O2/c16-10-3-1-9(2-4-10)8-17-11-5-6-12-13(7-11)19-15(21)14(20)18-12/h1-7,17H,8H2,(H,18,20)(H,19,21). The lowest BCUT2D eigenvalue weighted by Gasteiger charge is -2.07. The van der Waals surface area contributed by atoms with E-state index < -0.39 is 11.1 Å². The highest BCUT2D eigenvalue weighted by atomic mass is 79.9. The first-order chi connectivity index (χ1) is 10.1. The second-order valence-electron chi connectivity index (χ2n) is 4.65. The van der Waals surface area contributed by atoms with Crippen molar-refractivity contribution in [1.29, 1.82) is 0 Å². The second-order valence-corrected chi connectivity index (χ2v) is 5.56. The van der Waals surface area contributed by atoms with Crippen LogP contribution in [0.15, 0.2) is 56.5 Å². The van der Waals surface area contributed by atoms with Crippen molar-refractivity contribution in [3.05, 3.63) is 73.2 Å². The average molecular weight is 346 g/mol. The first-order valence-corrected chi connectivity index (χ1v) is 7.16. The van der Waals surface area contributed by atoms with Crippen molar-refractivity contribution >= 4 is 32.7 Å². The van der Waals surface area contributed by atoms with Crippen molar-refractivity contribution in [3.63, 3.8) is 0 Å². The second kappa shape index (κ2) is 5.57. The third-order valence-corrected chi connectivity index (χ3v) is 3.66. The molecule has 3 aromatic rings. The highest BCUT2D eigenvalue weighted by molar-refractivity contribution is 9.10. The molecule has 0 radical (unpaired) electrons. The van der Waals surface area contributed by atoms with E-state index in [9.17, 15) is 9.59 Å². The van der Waals surface area contributed by atoms with Gasteiger partial charge in [-0.3, -0.25) is 9.59 Å².